The maximum atomic E-state index is 12.8. The molecule has 3 aromatic rings. The SMILES string of the molecule is FC(F)(F)c1cn2cc(N3CCN(CCOc4ccccc4)CC3)ccc2n1. The summed E-state index contributed by atoms with van der Waals surface area (Å²) in [6, 6.07) is 13.2. The van der Waals surface area contributed by atoms with Crippen LogP contribution in [0.2, 0.25) is 0 Å². The van der Waals surface area contributed by atoms with Crippen LogP contribution >= 0.6 is 0 Å². The number of alkyl halides is 3. The van der Waals surface area contributed by atoms with Crippen molar-refractivity contribution in [3.63, 3.8) is 0 Å². The molecule has 1 saturated heterocycles. The van der Waals surface area contributed by atoms with E-state index in [4.69, 9.17) is 4.74 Å². The third-order valence-electron chi connectivity index (χ3n) is 4.88. The zero-order valence-electron chi connectivity index (χ0n) is 15.3. The Hall–Kier alpha value is -2.74. The van der Waals surface area contributed by atoms with Gasteiger partial charge < -0.3 is 14.0 Å². The predicted octanol–water partition coefficient (Wildman–Crippen LogP) is 3.55. The minimum Gasteiger partial charge on any atom is -0.492 e. The summed E-state index contributed by atoms with van der Waals surface area (Å²) in [5.41, 5.74) is 0.333. The first-order valence-electron chi connectivity index (χ1n) is 9.20. The molecule has 1 aromatic carbocycles. The number of fused-ring (bicyclic) bond motifs is 1. The van der Waals surface area contributed by atoms with Crippen LogP contribution in [-0.2, 0) is 6.18 Å². The molecule has 2 aromatic heterocycles. The Morgan fingerprint density at radius 1 is 0.929 bits per heavy atom. The Morgan fingerprint density at radius 2 is 1.68 bits per heavy atom. The Morgan fingerprint density at radius 3 is 2.39 bits per heavy atom. The van der Waals surface area contributed by atoms with Gasteiger partial charge in [-0.1, -0.05) is 18.2 Å². The van der Waals surface area contributed by atoms with Crippen LogP contribution < -0.4 is 9.64 Å². The van der Waals surface area contributed by atoms with E-state index in [0.29, 0.717) is 12.3 Å². The van der Waals surface area contributed by atoms with Gasteiger partial charge in [0, 0.05) is 45.1 Å². The molecule has 0 bridgehead atoms. The van der Waals surface area contributed by atoms with Gasteiger partial charge in [0.1, 0.15) is 18.0 Å². The lowest BCUT2D eigenvalue weighted by Crippen LogP contribution is -2.47. The Balaban J connectivity index is 1.32. The normalized spacial score (nSPS) is 15.9. The minimum atomic E-state index is -4.43. The number of para-hydroxylation sites is 1. The average Bonchev–Trinajstić information content (AvgIpc) is 3.13. The fourth-order valence-corrected chi connectivity index (χ4v) is 3.34. The van der Waals surface area contributed by atoms with E-state index in [9.17, 15) is 13.2 Å². The lowest BCUT2D eigenvalue weighted by molar-refractivity contribution is -0.140. The molecule has 0 aliphatic carbocycles. The van der Waals surface area contributed by atoms with E-state index >= 15 is 0 Å². The number of ether oxygens (including phenoxy) is 1. The Bertz CT molecular complexity index is 918. The smallest absolute Gasteiger partial charge is 0.434 e. The molecule has 0 atom stereocenters. The molecule has 0 radical (unpaired) electrons. The van der Waals surface area contributed by atoms with Crippen molar-refractivity contribution in [3.05, 3.63) is 60.6 Å². The molecule has 1 fully saturated rings. The fraction of sp³-hybridized carbons (Fsp3) is 0.350. The van der Waals surface area contributed by atoms with Gasteiger partial charge in [-0.25, -0.2) is 4.98 Å². The molecule has 8 heteroatoms. The highest BCUT2D eigenvalue weighted by Crippen LogP contribution is 2.29. The summed E-state index contributed by atoms with van der Waals surface area (Å²) in [5.74, 6) is 0.869. The lowest BCUT2D eigenvalue weighted by Gasteiger charge is -2.36. The van der Waals surface area contributed by atoms with E-state index in [2.05, 4.69) is 14.8 Å². The number of nitrogens with zero attached hydrogens (tertiary/aromatic N) is 4. The third kappa shape index (κ3) is 4.22. The lowest BCUT2D eigenvalue weighted by atomic mass is 10.2. The number of imidazole rings is 1. The second-order valence-corrected chi connectivity index (χ2v) is 6.77. The van der Waals surface area contributed by atoms with Crippen LogP contribution in [0.1, 0.15) is 5.69 Å². The van der Waals surface area contributed by atoms with Gasteiger partial charge in [-0.2, -0.15) is 13.2 Å². The van der Waals surface area contributed by atoms with E-state index in [1.54, 1.807) is 12.3 Å². The van der Waals surface area contributed by atoms with Crippen LogP contribution in [0.3, 0.4) is 0 Å². The van der Waals surface area contributed by atoms with Crippen LogP contribution in [0.5, 0.6) is 5.75 Å². The van der Waals surface area contributed by atoms with Gasteiger partial charge in [-0.3, -0.25) is 4.90 Å². The predicted molar refractivity (Wildman–Crippen MR) is 101 cm³/mol. The third-order valence-corrected chi connectivity index (χ3v) is 4.88. The molecule has 0 N–H and O–H groups in total. The fourth-order valence-electron chi connectivity index (χ4n) is 3.34. The maximum absolute atomic E-state index is 12.8. The molecule has 28 heavy (non-hydrogen) atoms. The summed E-state index contributed by atoms with van der Waals surface area (Å²) >= 11 is 0. The topological polar surface area (TPSA) is 33.0 Å². The van der Waals surface area contributed by atoms with Gasteiger partial charge in [0.05, 0.1) is 5.69 Å². The van der Waals surface area contributed by atoms with Crippen molar-refractivity contribution in [2.45, 2.75) is 6.18 Å². The highest BCUT2D eigenvalue weighted by Gasteiger charge is 2.34. The van der Waals surface area contributed by atoms with E-state index in [0.717, 1.165) is 50.4 Å². The Labute approximate surface area is 161 Å². The highest BCUT2D eigenvalue weighted by atomic mass is 19.4. The number of anilines is 1. The average molecular weight is 390 g/mol. The number of hydrogen-bond donors (Lipinski definition) is 0. The molecule has 1 aliphatic heterocycles. The van der Waals surface area contributed by atoms with Gasteiger partial charge in [0.15, 0.2) is 5.69 Å². The molecule has 5 nitrogen and oxygen atoms in total. The van der Waals surface area contributed by atoms with Gasteiger partial charge in [-0.05, 0) is 24.3 Å². The summed E-state index contributed by atoms with van der Waals surface area (Å²) in [6.45, 7) is 4.88. The van der Waals surface area contributed by atoms with Crippen LogP contribution in [0.4, 0.5) is 18.9 Å². The minimum absolute atomic E-state index is 0.299. The number of benzene rings is 1. The van der Waals surface area contributed by atoms with Crippen molar-refractivity contribution in [1.82, 2.24) is 14.3 Å². The van der Waals surface area contributed by atoms with Crippen molar-refractivity contribution in [2.75, 3.05) is 44.2 Å². The number of piperazine rings is 1. The molecule has 0 amide bonds. The summed E-state index contributed by atoms with van der Waals surface area (Å²) in [5, 5.41) is 0. The zero-order valence-corrected chi connectivity index (χ0v) is 15.3. The first-order valence-corrected chi connectivity index (χ1v) is 9.20. The van der Waals surface area contributed by atoms with Crippen molar-refractivity contribution < 1.29 is 17.9 Å². The second-order valence-electron chi connectivity index (χ2n) is 6.77. The summed E-state index contributed by atoms with van der Waals surface area (Å²) in [7, 11) is 0. The highest BCUT2D eigenvalue weighted by molar-refractivity contribution is 5.53. The number of halogens is 3. The summed E-state index contributed by atoms with van der Waals surface area (Å²) < 4.78 is 45.7. The van der Waals surface area contributed by atoms with Crippen LogP contribution in [0.15, 0.2) is 54.9 Å². The van der Waals surface area contributed by atoms with Crippen molar-refractivity contribution in [3.8, 4) is 5.75 Å². The van der Waals surface area contributed by atoms with Gasteiger partial charge in [0.2, 0.25) is 0 Å². The monoisotopic (exact) mass is 390 g/mol. The number of aromatic nitrogens is 2. The first kappa shape index (κ1) is 18.6. The molecule has 148 valence electrons. The molecule has 1 aliphatic rings. The van der Waals surface area contributed by atoms with Crippen LogP contribution in [-0.4, -0.2) is 53.6 Å². The number of rotatable bonds is 5. The number of pyridine rings is 1. The second kappa shape index (κ2) is 7.71. The molecule has 0 saturated carbocycles. The van der Waals surface area contributed by atoms with Crippen molar-refractivity contribution >= 4 is 11.3 Å². The van der Waals surface area contributed by atoms with Gasteiger partial charge in [0.25, 0.3) is 0 Å². The molecule has 3 heterocycles. The molecule has 0 spiro atoms. The van der Waals surface area contributed by atoms with Gasteiger partial charge >= 0.3 is 6.18 Å². The largest absolute Gasteiger partial charge is 0.492 e. The summed E-state index contributed by atoms with van der Waals surface area (Å²) in [6.07, 6.45) is -1.68. The zero-order chi connectivity index (χ0) is 19.6. The standard InChI is InChI=1S/C20H21F3N4O/c21-20(22,23)18-15-27-14-16(6-7-19(27)24-18)26-10-8-25(9-11-26)12-13-28-17-4-2-1-3-5-17/h1-7,14-15H,8-13H2. The molecule has 0 unspecified atom stereocenters. The van der Waals surface area contributed by atoms with Crippen LogP contribution in [0, 0.1) is 0 Å². The van der Waals surface area contributed by atoms with E-state index in [1.165, 1.54) is 4.40 Å². The van der Waals surface area contributed by atoms with Crippen molar-refractivity contribution in [2.24, 2.45) is 0 Å². The maximum Gasteiger partial charge on any atom is 0.434 e. The van der Waals surface area contributed by atoms with Crippen molar-refractivity contribution in [1.29, 1.82) is 0 Å². The van der Waals surface area contributed by atoms with E-state index in [1.807, 2.05) is 36.4 Å². The molecular formula is C20H21F3N4O. The molecular weight excluding hydrogens is 369 g/mol. The quantitative estimate of drug-likeness (QED) is 0.667. The Kier molecular flexibility index (Phi) is 5.13. The van der Waals surface area contributed by atoms with E-state index in [-0.39, 0.29) is 0 Å². The molecule has 4 rings (SSSR count). The van der Waals surface area contributed by atoms with Gasteiger partial charge in [-0.15, -0.1) is 0 Å². The van der Waals surface area contributed by atoms with Crippen LogP contribution in [0.25, 0.3) is 5.65 Å². The summed E-state index contributed by atoms with van der Waals surface area (Å²) in [4.78, 5) is 8.15. The number of hydrogen-bond acceptors (Lipinski definition) is 4. The first-order chi connectivity index (χ1) is 13.5. The van der Waals surface area contributed by atoms with E-state index < -0.39 is 11.9 Å².